The fraction of sp³-hybridized carbons (Fsp3) is 0. The molecule has 0 aliphatic rings. The fourth-order valence-electron chi connectivity index (χ4n) is 9.37. The van der Waals surface area contributed by atoms with Crippen LogP contribution in [0.3, 0.4) is 0 Å². The zero-order valence-corrected chi connectivity index (χ0v) is 33.2. The van der Waals surface area contributed by atoms with Crippen molar-refractivity contribution in [3.05, 3.63) is 231 Å². The molecule has 12 aromatic rings. The SMILES string of the molecule is c1ccc(-c2cc(N(c3ccc4c5ccccc5n(-c5ccccc5)c4c3)c3ccccc3-c3cccc4c3oc3ccccc34)ccc2-c2ccc3ccccc3c2)cc1. The van der Waals surface area contributed by atoms with Gasteiger partial charge in [0, 0.05) is 49.7 Å². The molecule has 0 unspecified atom stereocenters. The molecule has 0 saturated heterocycles. The lowest BCUT2D eigenvalue weighted by Gasteiger charge is -2.29. The van der Waals surface area contributed by atoms with Gasteiger partial charge in [0.05, 0.1) is 16.7 Å². The van der Waals surface area contributed by atoms with E-state index in [-0.39, 0.29) is 0 Å². The molecule has 0 aliphatic heterocycles. The maximum atomic E-state index is 6.69. The summed E-state index contributed by atoms with van der Waals surface area (Å²) in [5.74, 6) is 0. The normalized spacial score (nSPS) is 11.6. The van der Waals surface area contributed by atoms with Gasteiger partial charge in [-0.05, 0) is 93.7 Å². The second-order valence-corrected chi connectivity index (χ2v) is 15.7. The number of nitrogens with zero attached hydrogens (tertiary/aromatic N) is 2. The van der Waals surface area contributed by atoms with Gasteiger partial charge in [-0.3, -0.25) is 0 Å². The summed E-state index contributed by atoms with van der Waals surface area (Å²) in [7, 11) is 0. The Morgan fingerprint density at radius 2 is 1.00 bits per heavy atom. The number of fused-ring (bicyclic) bond motifs is 7. The zero-order valence-electron chi connectivity index (χ0n) is 33.2. The van der Waals surface area contributed by atoms with Crippen molar-refractivity contribution in [2.45, 2.75) is 0 Å². The van der Waals surface area contributed by atoms with E-state index in [0.717, 1.165) is 72.5 Å². The molecule has 0 saturated carbocycles. The maximum Gasteiger partial charge on any atom is 0.143 e. The van der Waals surface area contributed by atoms with Crippen LogP contribution in [0, 0.1) is 0 Å². The molecule has 61 heavy (non-hydrogen) atoms. The standard InChI is InChI=1S/C58H38N2O/c1-3-17-40(18-4-1)53-37-44(32-34-46(53)42-31-30-39-16-7-8-19-41(39)36-42)59(45-33-35-49-47-22-9-13-28-55(47)60(56(49)38-45)43-20-5-2-6-21-43)54-27-12-10-23-48(54)51-25-15-26-52-50-24-11-14-29-57(50)61-58(51)52/h1-38H. The number of para-hydroxylation sites is 5. The van der Waals surface area contributed by atoms with Gasteiger partial charge in [0.15, 0.2) is 0 Å². The quantitative estimate of drug-likeness (QED) is 0.161. The minimum Gasteiger partial charge on any atom is -0.455 e. The van der Waals surface area contributed by atoms with Crippen molar-refractivity contribution in [1.29, 1.82) is 0 Å². The molecule has 0 spiro atoms. The van der Waals surface area contributed by atoms with Crippen molar-refractivity contribution in [3.63, 3.8) is 0 Å². The first-order chi connectivity index (χ1) is 30.3. The topological polar surface area (TPSA) is 21.3 Å². The Morgan fingerprint density at radius 3 is 1.89 bits per heavy atom. The van der Waals surface area contributed by atoms with Gasteiger partial charge >= 0.3 is 0 Å². The molecule has 2 heterocycles. The van der Waals surface area contributed by atoms with E-state index in [9.17, 15) is 0 Å². The molecule has 0 radical (unpaired) electrons. The van der Waals surface area contributed by atoms with Crippen LogP contribution >= 0.6 is 0 Å². The second-order valence-electron chi connectivity index (χ2n) is 15.7. The number of anilines is 3. The van der Waals surface area contributed by atoms with Crippen LogP contribution in [0.1, 0.15) is 0 Å². The van der Waals surface area contributed by atoms with Gasteiger partial charge in [0.25, 0.3) is 0 Å². The Balaban J connectivity index is 1.14. The van der Waals surface area contributed by atoms with Gasteiger partial charge in [0.1, 0.15) is 11.2 Å². The van der Waals surface area contributed by atoms with Gasteiger partial charge in [0.2, 0.25) is 0 Å². The van der Waals surface area contributed by atoms with Crippen LogP contribution in [-0.2, 0) is 0 Å². The van der Waals surface area contributed by atoms with Crippen LogP contribution in [0.5, 0.6) is 0 Å². The molecule has 10 aromatic carbocycles. The minimum atomic E-state index is 0.882. The Bertz CT molecular complexity index is 3600. The maximum absolute atomic E-state index is 6.69. The third-order valence-electron chi connectivity index (χ3n) is 12.2. The summed E-state index contributed by atoms with van der Waals surface area (Å²) < 4.78 is 9.09. The van der Waals surface area contributed by atoms with Crippen molar-refractivity contribution in [2.24, 2.45) is 0 Å². The number of rotatable bonds is 7. The van der Waals surface area contributed by atoms with Gasteiger partial charge in [-0.15, -0.1) is 0 Å². The lowest BCUT2D eigenvalue weighted by atomic mass is 9.92. The molecule has 0 N–H and O–H groups in total. The summed E-state index contributed by atoms with van der Waals surface area (Å²) in [6.45, 7) is 0. The minimum absolute atomic E-state index is 0.882. The molecule has 2 aromatic heterocycles. The van der Waals surface area contributed by atoms with Crippen molar-refractivity contribution in [2.75, 3.05) is 4.90 Å². The van der Waals surface area contributed by atoms with E-state index in [1.807, 2.05) is 6.07 Å². The van der Waals surface area contributed by atoms with E-state index in [1.165, 1.54) is 38.2 Å². The molecular formula is C58H38N2O. The van der Waals surface area contributed by atoms with Crippen LogP contribution in [0.25, 0.3) is 93.6 Å². The van der Waals surface area contributed by atoms with Crippen molar-refractivity contribution in [1.82, 2.24) is 4.57 Å². The molecule has 0 bridgehead atoms. The smallest absolute Gasteiger partial charge is 0.143 e. The van der Waals surface area contributed by atoms with Gasteiger partial charge in [-0.1, -0.05) is 170 Å². The van der Waals surface area contributed by atoms with Gasteiger partial charge < -0.3 is 13.9 Å². The van der Waals surface area contributed by atoms with Gasteiger partial charge in [-0.2, -0.15) is 0 Å². The monoisotopic (exact) mass is 778 g/mol. The summed E-state index contributed by atoms with van der Waals surface area (Å²) in [6.07, 6.45) is 0. The number of hydrogen-bond donors (Lipinski definition) is 0. The molecule has 12 rings (SSSR count). The van der Waals surface area contributed by atoms with Crippen LogP contribution in [0.2, 0.25) is 0 Å². The summed E-state index contributed by atoms with van der Waals surface area (Å²) in [5, 5.41) is 7.11. The lowest BCUT2D eigenvalue weighted by molar-refractivity contribution is 0.670. The predicted molar refractivity (Wildman–Crippen MR) is 257 cm³/mol. The first-order valence-electron chi connectivity index (χ1n) is 20.8. The van der Waals surface area contributed by atoms with Crippen LogP contribution in [0.15, 0.2) is 235 Å². The lowest BCUT2D eigenvalue weighted by Crippen LogP contribution is -2.12. The fourth-order valence-corrected chi connectivity index (χ4v) is 9.37. The summed E-state index contributed by atoms with van der Waals surface area (Å²) >= 11 is 0. The second kappa shape index (κ2) is 14.3. The van der Waals surface area contributed by atoms with Crippen molar-refractivity contribution in [3.8, 4) is 39.1 Å². The number of benzene rings is 10. The average Bonchev–Trinajstić information content (AvgIpc) is 3.88. The summed E-state index contributed by atoms with van der Waals surface area (Å²) in [6, 6.07) is 83.0. The molecule has 0 amide bonds. The highest BCUT2D eigenvalue weighted by atomic mass is 16.3. The highest BCUT2D eigenvalue weighted by Gasteiger charge is 2.23. The highest BCUT2D eigenvalue weighted by molar-refractivity contribution is 6.12. The number of hydrogen-bond acceptors (Lipinski definition) is 2. The third kappa shape index (κ3) is 5.82. The van der Waals surface area contributed by atoms with Crippen molar-refractivity contribution < 1.29 is 4.42 Å². The third-order valence-corrected chi connectivity index (χ3v) is 12.2. The Morgan fingerprint density at radius 1 is 0.344 bits per heavy atom. The first kappa shape index (κ1) is 34.9. The van der Waals surface area contributed by atoms with Gasteiger partial charge in [-0.25, -0.2) is 0 Å². The molecule has 0 aliphatic carbocycles. The Labute approximate surface area is 353 Å². The Hall–Kier alpha value is -8.14. The van der Waals surface area contributed by atoms with Crippen LogP contribution in [-0.4, -0.2) is 4.57 Å². The highest BCUT2D eigenvalue weighted by Crippen LogP contribution is 2.47. The molecule has 3 nitrogen and oxygen atoms in total. The largest absolute Gasteiger partial charge is 0.455 e. The molecule has 286 valence electrons. The van der Waals surface area contributed by atoms with Crippen molar-refractivity contribution >= 4 is 71.6 Å². The average molecular weight is 779 g/mol. The predicted octanol–water partition coefficient (Wildman–Crippen LogP) is 16.3. The first-order valence-corrected chi connectivity index (χ1v) is 20.8. The Kier molecular flexibility index (Phi) is 8.17. The van der Waals surface area contributed by atoms with E-state index in [4.69, 9.17) is 4.42 Å². The number of furan rings is 1. The zero-order chi connectivity index (χ0) is 40.3. The van der Waals surface area contributed by atoms with E-state index in [1.54, 1.807) is 0 Å². The van der Waals surface area contributed by atoms with Crippen LogP contribution < -0.4 is 4.90 Å². The molecule has 3 heteroatoms. The van der Waals surface area contributed by atoms with E-state index in [0.29, 0.717) is 0 Å². The summed E-state index contributed by atoms with van der Waals surface area (Å²) in [5.41, 5.74) is 15.2. The summed E-state index contributed by atoms with van der Waals surface area (Å²) in [4.78, 5) is 2.43. The molecule has 0 atom stereocenters. The molecular weight excluding hydrogens is 741 g/mol. The van der Waals surface area contributed by atoms with E-state index < -0.39 is 0 Å². The molecule has 0 fully saturated rings. The van der Waals surface area contributed by atoms with Crippen LogP contribution in [0.4, 0.5) is 17.1 Å². The van der Waals surface area contributed by atoms with E-state index >= 15 is 0 Å². The number of aromatic nitrogens is 1. The van der Waals surface area contributed by atoms with E-state index in [2.05, 4.69) is 234 Å².